The summed E-state index contributed by atoms with van der Waals surface area (Å²) in [7, 11) is 3.16. The monoisotopic (exact) mass is 360 g/mol. The lowest BCUT2D eigenvalue weighted by Gasteiger charge is -2.32. The number of benzene rings is 1. The molecular formula is C18H24N4O4. The van der Waals surface area contributed by atoms with Crippen molar-refractivity contribution in [1.29, 1.82) is 0 Å². The molecular weight excluding hydrogens is 336 g/mol. The van der Waals surface area contributed by atoms with Gasteiger partial charge in [0.1, 0.15) is 12.7 Å². The average Bonchev–Trinajstić information content (AvgIpc) is 3.10. The van der Waals surface area contributed by atoms with E-state index in [0.717, 1.165) is 17.8 Å². The Kier molecular flexibility index (Phi) is 5.41. The Bertz CT molecular complexity index is 789. The van der Waals surface area contributed by atoms with E-state index >= 15 is 0 Å². The highest BCUT2D eigenvalue weighted by atomic mass is 16.5. The van der Waals surface area contributed by atoms with Crippen LogP contribution in [0.5, 0.6) is 11.5 Å². The zero-order chi connectivity index (χ0) is 18.7. The minimum atomic E-state index is -0.432. The minimum absolute atomic E-state index is 0.00745. The van der Waals surface area contributed by atoms with Crippen LogP contribution < -0.4 is 14.8 Å². The van der Waals surface area contributed by atoms with Gasteiger partial charge >= 0.3 is 0 Å². The molecule has 0 saturated carbocycles. The molecule has 1 saturated heterocycles. The van der Waals surface area contributed by atoms with Gasteiger partial charge in [0, 0.05) is 13.0 Å². The number of hydrogen-bond donors (Lipinski definition) is 1. The molecule has 26 heavy (non-hydrogen) atoms. The van der Waals surface area contributed by atoms with Crippen LogP contribution in [-0.4, -0.2) is 41.5 Å². The maximum atomic E-state index is 12.0. The van der Waals surface area contributed by atoms with Crippen LogP contribution in [0.15, 0.2) is 18.2 Å². The smallest absolute Gasteiger partial charge is 0.246 e. The number of morpholine rings is 1. The molecule has 0 spiro atoms. The Balaban J connectivity index is 2.02. The molecule has 2 heterocycles. The number of aromatic nitrogens is 3. The molecule has 1 aromatic carbocycles. The highest BCUT2D eigenvalue weighted by molar-refractivity contribution is 5.78. The predicted octanol–water partition coefficient (Wildman–Crippen LogP) is 1.81. The van der Waals surface area contributed by atoms with E-state index in [2.05, 4.69) is 15.4 Å². The highest BCUT2D eigenvalue weighted by Crippen LogP contribution is 2.37. The summed E-state index contributed by atoms with van der Waals surface area (Å²) < 4.78 is 18.4. The van der Waals surface area contributed by atoms with Crippen molar-refractivity contribution in [3.63, 3.8) is 0 Å². The largest absolute Gasteiger partial charge is 0.493 e. The third-order valence-electron chi connectivity index (χ3n) is 4.39. The SMILES string of the molecule is CCc1nc([C@H]2OCC(=O)N[C@@H]2c2ccc(OC)c(OC)c2)n(CC)n1. The van der Waals surface area contributed by atoms with Gasteiger partial charge in [0.15, 0.2) is 23.1 Å². The quantitative estimate of drug-likeness (QED) is 0.845. The Morgan fingerprint density at radius 2 is 2.04 bits per heavy atom. The van der Waals surface area contributed by atoms with Gasteiger partial charge < -0.3 is 19.5 Å². The fraction of sp³-hybridized carbons (Fsp3) is 0.500. The topological polar surface area (TPSA) is 87.5 Å². The number of hydrogen-bond acceptors (Lipinski definition) is 6. The molecule has 1 N–H and O–H groups in total. The van der Waals surface area contributed by atoms with Crippen LogP contribution in [0.4, 0.5) is 0 Å². The maximum absolute atomic E-state index is 12.0. The Morgan fingerprint density at radius 3 is 2.69 bits per heavy atom. The first kappa shape index (κ1) is 18.2. The number of amides is 1. The van der Waals surface area contributed by atoms with E-state index in [-0.39, 0.29) is 12.5 Å². The van der Waals surface area contributed by atoms with Crippen LogP contribution in [0.3, 0.4) is 0 Å². The average molecular weight is 360 g/mol. The van der Waals surface area contributed by atoms with Gasteiger partial charge in [-0.2, -0.15) is 5.10 Å². The van der Waals surface area contributed by atoms with Crippen LogP contribution in [-0.2, 0) is 22.5 Å². The Labute approximate surface area is 152 Å². The number of aryl methyl sites for hydroxylation is 2. The lowest BCUT2D eigenvalue weighted by atomic mass is 9.98. The highest BCUT2D eigenvalue weighted by Gasteiger charge is 2.36. The summed E-state index contributed by atoms with van der Waals surface area (Å²) in [5.74, 6) is 2.52. The summed E-state index contributed by atoms with van der Waals surface area (Å²) in [5.41, 5.74) is 0.851. The van der Waals surface area contributed by atoms with Crippen molar-refractivity contribution in [3.05, 3.63) is 35.4 Å². The third kappa shape index (κ3) is 3.37. The molecule has 0 aliphatic carbocycles. The molecule has 8 nitrogen and oxygen atoms in total. The molecule has 1 aromatic heterocycles. The van der Waals surface area contributed by atoms with Gasteiger partial charge in [0.2, 0.25) is 5.91 Å². The maximum Gasteiger partial charge on any atom is 0.246 e. The summed E-state index contributed by atoms with van der Waals surface area (Å²) in [5, 5.41) is 7.51. The lowest BCUT2D eigenvalue weighted by molar-refractivity contribution is -0.138. The molecule has 0 bridgehead atoms. The van der Waals surface area contributed by atoms with Crippen molar-refractivity contribution in [3.8, 4) is 11.5 Å². The van der Waals surface area contributed by atoms with Crippen LogP contribution in [0.25, 0.3) is 0 Å². The molecule has 3 rings (SSSR count). The van der Waals surface area contributed by atoms with E-state index in [1.165, 1.54) is 0 Å². The van der Waals surface area contributed by atoms with E-state index in [0.29, 0.717) is 23.9 Å². The fourth-order valence-corrected chi connectivity index (χ4v) is 3.08. The van der Waals surface area contributed by atoms with Crippen molar-refractivity contribution in [2.24, 2.45) is 0 Å². The molecule has 1 fully saturated rings. The molecule has 0 radical (unpaired) electrons. The molecule has 2 aromatic rings. The van der Waals surface area contributed by atoms with Crippen molar-refractivity contribution in [1.82, 2.24) is 20.1 Å². The second-order valence-electron chi connectivity index (χ2n) is 5.95. The van der Waals surface area contributed by atoms with Gasteiger partial charge in [-0.05, 0) is 24.6 Å². The lowest BCUT2D eigenvalue weighted by Crippen LogP contribution is -2.42. The van der Waals surface area contributed by atoms with E-state index in [1.54, 1.807) is 14.2 Å². The minimum Gasteiger partial charge on any atom is -0.493 e. The van der Waals surface area contributed by atoms with Crippen molar-refractivity contribution in [2.45, 2.75) is 39.0 Å². The zero-order valence-electron chi connectivity index (χ0n) is 15.5. The molecule has 8 heteroatoms. The first-order valence-electron chi connectivity index (χ1n) is 8.67. The van der Waals surface area contributed by atoms with Gasteiger partial charge in [-0.3, -0.25) is 4.79 Å². The number of carbonyl (C=O) groups is 1. The molecule has 1 amide bonds. The second kappa shape index (κ2) is 7.74. The molecule has 1 aliphatic rings. The third-order valence-corrected chi connectivity index (χ3v) is 4.39. The van der Waals surface area contributed by atoms with Crippen molar-refractivity contribution >= 4 is 5.91 Å². The van der Waals surface area contributed by atoms with Crippen molar-refractivity contribution in [2.75, 3.05) is 20.8 Å². The predicted molar refractivity (Wildman–Crippen MR) is 94.2 cm³/mol. The van der Waals surface area contributed by atoms with E-state index in [4.69, 9.17) is 14.2 Å². The van der Waals surface area contributed by atoms with Crippen molar-refractivity contribution < 1.29 is 19.0 Å². The van der Waals surface area contributed by atoms with Crippen LogP contribution in [0, 0.1) is 0 Å². The zero-order valence-corrected chi connectivity index (χ0v) is 15.5. The number of ether oxygens (including phenoxy) is 3. The van der Waals surface area contributed by atoms with Gasteiger partial charge in [-0.25, -0.2) is 9.67 Å². The number of carbonyl (C=O) groups excluding carboxylic acids is 1. The molecule has 0 unspecified atom stereocenters. The first-order valence-corrected chi connectivity index (χ1v) is 8.67. The standard InChI is InChI=1S/C18H24N4O4/c1-5-14-19-18(22(6-2)21-14)17-16(20-15(23)10-26-17)11-7-8-12(24-3)13(9-11)25-4/h7-9,16-17H,5-6,10H2,1-4H3,(H,20,23)/t16-,17+/m1/s1. The molecule has 140 valence electrons. The molecule has 1 aliphatic heterocycles. The number of rotatable bonds is 6. The van der Waals surface area contributed by atoms with Gasteiger partial charge in [0.25, 0.3) is 0 Å². The van der Waals surface area contributed by atoms with E-state index < -0.39 is 12.1 Å². The van der Waals surface area contributed by atoms with E-state index in [9.17, 15) is 4.79 Å². The molecule has 2 atom stereocenters. The normalized spacial score (nSPS) is 19.9. The Morgan fingerprint density at radius 1 is 1.27 bits per heavy atom. The van der Waals surface area contributed by atoms with E-state index in [1.807, 2.05) is 36.7 Å². The van der Waals surface area contributed by atoms with Gasteiger partial charge in [-0.1, -0.05) is 13.0 Å². The first-order chi connectivity index (χ1) is 12.6. The fourth-order valence-electron chi connectivity index (χ4n) is 3.08. The van der Waals surface area contributed by atoms with Crippen LogP contribution in [0.1, 0.15) is 43.2 Å². The van der Waals surface area contributed by atoms with Gasteiger partial charge in [0.05, 0.1) is 20.3 Å². The second-order valence-corrected chi connectivity index (χ2v) is 5.95. The van der Waals surface area contributed by atoms with Crippen LogP contribution >= 0.6 is 0 Å². The summed E-state index contributed by atoms with van der Waals surface area (Å²) in [6, 6.07) is 5.16. The number of nitrogens with one attached hydrogen (secondary N) is 1. The summed E-state index contributed by atoms with van der Waals surface area (Å²) in [6.45, 7) is 4.68. The van der Waals surface area contributed by atoms with Gasteiger partial charge in [-0.15, -0.1) is 0 Å². The Hall–Kier alpha value is -2.61. The summed E-state index contributed by atoms with van der Waals surface area (Å²) in [6.07, 6.45) is 0.304. The summed E-state index contributed by atoms with van der Waals surface area (Å²) >= 11 is 0. The van der Waals surface area contributed by atoms with Crippen LogP contribution in [0.2, 0.25) is 0 Å². The number of methoxy groups -OCH3 is 2. The number of nitrogens with zero attached hydrogens (tertiary/aromatic N) is 3. The summed E-state index contributed by atoms with van der Waals surface area (Å²) in [4.78, 5) is 16.6.